The normalized spacial score (nSPS) is 13.5. The first-order valence-corrected chi connectivity index (χ1v) is 8.94. The maximum Gasteiger partial charge on any atom is 0.261 e. The maximum absolute atomic E-state index is 12.5. The van der Waals surface area contributed by atoms with Gasteiger partial charge in [-0.1, -0.05) is 27.2 Å². The van der Waals surface area contributed by atoms with E-state index in [4.69, 9.17) is 5.73 Å². The summed E-state index contributed by atoms with van der Waals surface area (Å²) in [4.78, 5) is 38.4. The summed E-state index contributed by atoms with van der Waals surface area (Å²) >= 11 is 0. The van der Waals surface area contributed by atoms with Gasteiger partial charge in [0.2, 0.25) is 0 Å². The van der Waals surface area contributed by atoms with Gasteiger partial charge in [-0.2, -0.15) is 0 Å². The summed E-state index contributed by atoms with van der Waals surface area (Å²) < 4.78 is 0. The smallest absolute Gasteiger partial charge is 0.261 e. The predicted molar refractivity (Wildman–Crippen MR) is 104 cm³/mol. The summed E-state index contributed by atoms with van der Waals surface area (Å²) in [7, 11) is 0. The molecule has 3 N–H and O–H groups in total. The van der Waals surface area contributed by atoms with Gasteiger partial charge >= 0.3 is 0 Å². The van der Waals surface area contributed by atoms with Crippen molar-refractivity contribution in [3.05, 3.63) is 34.9 Å². The Morgan fingerprint density at radius 3 is 2.31 bits per heavy atom. The molecule has 0 aliphatic carbocycles. The Hall–Kier alpha value is -1.92. The number of rotatable bonds is 8. The van der Waals surface area contributed by atoms with Gasteiger partial charge in [-0.05, 0) is 37.5 Å². The molecule has 0 fully saturated rings. The Bertz CT molecular complexity index is 687. The van der Waals surface area contributed by atoms with Crippen molar-refractivity contribution in [2.45, 2.75) is 52.0 Å². The lowest BCUT2D eigenvalue weighted by Crippen LogP contribution is -2.49. The van der Waals surface area contributed by atoms with Crippen molar-refractivity contribution in [2.24, 2.45) is 5.73 Å². The fraction of sp³-hybridized carbons (Fsp3) is 0.526. The van der Waals surface area contributed by atoms with Crippen LogP contribution >= 0.6 is 12.4 Å². The third-order valence-electron chi connectivity index (χ3n) is 4.98. The van der Waals surface area contributed by atoms with Crippen LogP contribution in [0.15, 0.2) is 18.2 Å². The van der Waals surface area contributed by atoms with E-state index in [0.29, 0.717) is 29.8 Å². The molecule has 0 saturated carbocycles. The van der Waals surface area contributed by atoms with Crippen molar-refractivity contribution in [3.8, 4) is 0 Å². The van der Waals surface area contributed by atoms with E-state index in [0.717, 1.165) is 25.7 Å². The summed E-state index contributed by atoms with van der Waals surface area (Å²) in [5.74, 6) is -0.886. The Morgan fingerprint density at radius 1 is 1.12 bits per heavy atom. The Labute approximate surface area is 160 Å². The van der Waals surface area contributed by atoms with E-state index >= 15 is 0 Å². The van der Waals surface area contributed by atoms with Crippen LogP contribution in [0.1, 0.15) is 77.5 Å². The number of imide groups is 1. The molecule has 26 heavy (non-hydrogen) atoms. The summed E-state index contributed by atoms with van der Waals surface area (Å²) in [5.41, 5.74) is 6.80. The molecule has 1 heterocycles. The van der Waals surface area contributed by atoms with Crippen molar-refractivity contribution in [1.82, 2.24) is 10.2 Å². The highest BCUT2D eigenvalue weighted by molar-refractivity contribution is 6.22. The van der Waals surface area contributed by atoms with E-state index in [-0.39, 0.29) is 30.1 Å². The lowest BCUT2D eigenvalue weighted by atomic mass is 9.94. The van der Waals surface area contributed by atoms with E-state index in [2.05, 4.69) is 5.32 Å². The van der Waals surface area contributed by atoms with Gasteiger partial charge < -0.3 is 11.1 Å². The zero-order chi connectivity index (χ0) is 18.6. The summed E-state index contributed by atoms with van der Waals surface area (Å²) in [6, 6.07) is 4.65. The van der Waals surface area contributed by atoms with Gasteiger partial charge in [0.05, 0.1) is 11.1 Å². The Kier molecular flexibility index (Phi) is 7.78. The average molecular weight is 382 g/mol. The lowest BCUT2D eigenvalue weighted by molar-refractivity contribution is 0.0652. The van der Waals surface area contributed by atoms with Crippen LogP contribution in [0.3, 0.4) is 0 Å². The summed E-state index contributed by atoms with van der Waals surface area (Å²) in [5, 5.41) is 2.83. The Balaban J connectivity index is 0.00000338. The lowest BCUT2D eigenvalue weighted by Gasteiger charge is -2.26. The van der Waals surface area contributed by atoms with Crippen LogP contribution in [-0.2, 0) is 0 Å². The minimum Gasteiger partial charge on any atom is -0.350 e. The molecule has 144 valence electrons. The van der Waals surface area contributed by atoms with Gasteiger partial charge in [0, 0.05) is 24.2 Å². The second-order valence-electron chi connectivity index (χ2n) is 6.63. The molecule has 0 spiro atoms. The van der Waals surface area contributed by atoms with E-state index in [9.17, 15) is 14.4 Å². The molecular weight excluding hydrogens is 354 g/mol. The van der Waals surface area contributed by atoms with Crippen LogP contribution in [0.2, 0.25) is 0 Å². The van der Waals surface area contributed by atoms with E-state index < -0.39 is 5.54 Å². The van der Waals surface area contributed by atoms with Gasteiger partial charge in [0.15, 0.2) is 0 Å². The molecule has 2 rings (SSSR count). The van der Waals surface area contributed by atoms with Crippen LogP contribution < -0.4 is 11.1 Å². The standard InChI is InChI=1S/C19H27N3O3.ClH/c1-4-7-10-22-17(24)14-9-8-13(11-15(14)18(22)25)16(23)21-12-19(20,5-2)6-3;/h8-9,11H,4-7,10,12,20H2,1-3H3,(H,21,23);1H. The monoisotopic (exact) mass is 381 g/mol. The second-order valence-corrected chi connectivity index (χ2v) is 6.63. The SMILES string of the molecule is CCCCN1C(=O)c2ccc(C(=O)NCC(N)(CC)CC)cc2C1=O.Cl. The molecule has 0 aromatic heterocycles. The van der Waals surface area contributed by atoms with Gasteiger partial charge in [0.1, 0.15) is 0 Å². The number of carbonyl (C=O) groups is 3. The molecule has 3 amide bonds. The van der Waals surface area contributed by atoms with Gasteiger partial charge in [0.25, 0.3) is 17.7 Å². The number of hydrogen-bond donors (Lipinski definition) is 2. The van der Waals surface area contributed by atoms with Crippen molar-refractivity contribution in [2.75, 3.05) is 13.1 Å². The third-order valence-corrected chi connectivity index (χ3v) is 4.98. The van der Waals surface area contributed by atoms with Crippen LogP contribution in [-0.4, -0.2) is 41.2 Å². The van der Waals surface area contributed by atoms with Crippen LogP contribution in [0, 0.1) is 0 Å². The van der Waals surface area contributed by atoms with Gasteiger partial charge in [-0.15, -0.1) is 12.4 Å². The fourth-order valence-electron chi connectivity index (χ4n) is 2.81. The number of nitrogens with one attached hydrogen (secondary N) is 1. The molecule has 1 aliphatic heterocycles. The molecule has 0 atom stereocenters. The topological polar surface area (TPSA) is 92.5 Å². The molecule has 1 aromatic rings. The van der Waals surface area contributed by atoms with Crippen LogP contribution in [0.5, 0.6) is 0 Å². The molecule has 0 unspecified atom stereocenters. The van der Waals surface area contributed by atoms with Crippen molar-refractivity contribution in [3.63, 3.8) is 0 Å². The highest BCUT2D eigenvalue weighted by atomic mass is 35.5. The first-order chi connectivity index (χ1) is 11.9. The van der Waals surface area contributed by atoms with Crippen LogP contribution in [0.4, 0.5) is 0 Å². The molecular formula is C19H28ClN3O3. The molecule has 1 aliphatic rings. The quantitative estimate of drug-likeness (QED) is 0.677. The summed E-state index contributed by atoms with van der Waals surface area (Å²) in [6.45, 7) is 6.75. The Morgan fingerprint density at radius 2 is 1.73 bits per heavy atom. The molecule has 0 saturated heterocycles. The van der Waals surface area contributed by atoms with E-state index in [1.807, 2.05) is 20.8 Å². The molecule has 7 heteroatoms. The zero-order valence-corrected chi connectivity index (χ0v) is 16.4. The number of halogens is 1. The second kappa shape index (κ2) is 9.14. The van der Waals surface area contributed by atoms with Gasteiger partial charge in [-0.25, -0.2) is 0 Å². The summed E-state index contributed by atoms with van der Waals surface area (Å²) in [6.07, 6.45) is 3.18. The number of benzene rings is 1. The van der Waals surface area contributed by atoms with Crippen molar-refractivity contribution in [1.29, 1.82) is 0 Å². The van der Waals surface area contributed by atoms with Crippen molar-refractivity contribution < 1.29 is 14.4 Å². The van der Waals surface area contributed by atoms with Crippen molar-refractivity contribution >= 4 is 30.1 Å². The highest BCUT2D eigenvalue weighted by Crippen LogP contribution is 2.24. The van der Waals surface area contributed by atoms with Crippen LogP contribution in [0.25, 0.3) is 0 Å². The minimum absolute atomic E-state index is 0. The number of hydrogen-bond acceptors (Lipinski definition) is 4. The number of unbranched alkanes of at least 4 members (excludes halogenated alkanes) is 1. The van der Waals surface area contributed by atoms with E-state index in [1.54, 1.807) is 12.1 Å². The average Bonchev–Trinajstić information content (AvgIpc) is 2.87. The zero-order valence-electron chi connectivity index (χ0n) is 15.6. The largest absolute Gasteiger partial charge is 0.350 e. The fourth-order valence-corrected chi connectivity index (χ4v) is 2.81. The number of carbonyl (C=O) groups excluding carboxylic acids is 3. The number of nitrogens with two attached hydrogens (primary N) is 1. The highest BCUT2D eigenvalue weighted by Gasteiger charge is 2.35. The number of nitrogens with zero attached hydrogens (tertiary/aromatic N) is 1. The first kappa shape index (κ1) is 22.1. The molecule has 0 bridgehead atoms. The first-order valence-electron chi connectivity index (χ1n) is 8.94. The molecule has 1 aromatic carbocycles. The number of amides is 3. The molecule has 0 radical (unpaired) electrons. The van der Waals surface area contributed by atoms with Gasteiger partial charge in [-0.3, -0.25) is 19.3 Å². The molecule has 6 nitrogen and oxygen atoms in total. The third kappa shape index (κ3) is 4.43. The predicted octanol–water partition coefficient (Wildman–Crippen LogP) is 2.75. The minimum atomic E-state index is -0.435. The maximum atomic E-state index is 12.5. The van der Waals surface area contributed by atoms with E-state index in [1.165, 1.54) is 11.0 Å². The number of fused-ring (bicyclic) bond motifs is 1.